The average molecular weight is 553 g/mol. The Morgan fingerprint density at radius 2 is 1.93 bits per heavy atom. The smallest absolute Gasteiger partial charge is 0.354 e. The zero-order valence-corrected chi connectivity index (χ0v) is 20.1. The van der Waals surface area contributed by atoms with E-state index in [-0.39, 0.29) is 36.6 Å². The molecule has 3 rings (SSSR count). The zero-order chi connectivity index (χ0) is 20.9. The molecule has 166 valence electrons. The summed E-state index contributed by atoms with van der Waals surface area (Å²) in [5, 5.41) is 7.86. The highest BCUT2D eigenvalue weighted by atomic mass is 127. The van der Waals surface area contributed by atoms with E-state index >= 15 is 0 Å². The lowest BCUT2D eigenvalue weighted by Crippen LogP contribution is -2.48. The van der Waals surface area contributed by atoms with Crippen LogP contribution in [-0.4, -0.2) is 42.0 Å². The number of thiazole rings is 1. The van der Waals surface area contributed by atoms with Gasteiger partial charge < -0.3 is 10.6 Å². The van der Waals surface area contributed by atoms with Crippen LogP contribution in [0.5, 0.6) is 0 Å². The third kappa shape index (κ3) is 6.81. The molecule has 0 spiro atoms. The Kier molecular flexibility index (Phi) is 9.35. The third-order valence-electron chi connectivity index (χ3n) is 5.17. The van der Waals surface area contributed by atoms with Gasteiger partial charge in [-0.15, -0.1) is 35.3 Å². The first kappa shape index (κ1) is 24.9. The van der Waals surface area contributed by atoms with Crippen molar-refractivity contribution in [3.8, 4) is 0 Å². The van der Waals surface area contributed by atoms with Crippen LogP contribution in [0.1, 0.15) is 42.1 Å². The predicted octanol–water partition coefficient (Wildman–Crippen LogP) is 4.67. The summed E-state index contributed by atoms with van der Waals surface area (Å²) in [4.78, 5) is 10.3. The number of rotatable bonds is 5. The molecule has 10 heteroatoms. The van der Waals surface area contributed by atoms with Crippen molar-refractivity contribution in [2.24, 2.45) is 4.99 Å². The summed E-state index contributed by atoms with van der Waals surface area (Å²) < 4.78 is 38.0. The molecule has 2 heterocycles. The minimum atomic E-state index is -4.40. The van der Waals surface area contributed by atoms with Gasteiger partial charge in [-0.05, 0) is 25.3 Å². The Labute approximate surface area is 196 Å². The fourth-order valence-corrected chi connectivity index (χ4v) is 4.18. The Balaban J connectivity index is 0.00000320. The van der Waals surface area contributed by atoms with Gasteiger partial charge in [0.05, 0.1) is 6.54 Å². The van der Waals surface area contributed by atoms with E-state index in [1.807, 2.05) is 6.07 Å². The van der Waals surface area contributed by atoms with Gasteiger partial charge in [0.25, 0.3) is 0 Å². The molecule has 1 atom stereocenters. The topological polar surface area (TPSA) is 52.6 Å². The minimum absolute atomic E-state index is 0. The van der Waals surface area contributed by atoms with Crippen molar-refractivity contribution >= 4 is 41.3 Å². The van der Waals surface area contributed by atoms with Gasteiger partial charge in [0.15, 0.2) is 11.7 Å². The van der Waals surface area contributed by atoms with Crippen LogP contribution in [0, 0.1) is 0 Å². The number of likely N-dealkylation sites (tertiary alicyclic amines) is 1. The molecule has 1 aromatic heterocycles. The van der Waals surface area contributed by atoms with Crippen molar-refractivity contribution in [3.63, 3.8) is 0 Å². The van der Waals surface area contributed by atoms with Crippen LogP contribution >= 0.6 is 35.3 Å². The van der Waals surface area contributed by atoms with Crippen molar-refractivity contribution in [2.75, 3.05) is 20.1 Å². The second-order valence-electron chi connectivity index (χ2n) is 7.09. The fraction of sp³-hybridized carbons (Fsp3) is 0.500. The molecule has 0 aliphatic carbocycles. The predicted molar refractivity (Wildman–Crippen MR) is 125 cm³/mol. The fourth-order valence-electron chi connectivity index (χ4n) is 3.44. The Morgan fingerprint density at radius 3 is 2.50 bits per heavy atom. The quantitative estimate of drug-likeness (QED) is 0.321. The zero-order valence-electron chi connectivity index (χ0n) is 16.9. The van der Waals surface area contributed by atoms with Gasteiger partial charge in [-0.3, -0.25) is 9.89 Å². The molecule has 2 aromatic rings. The van der Waals surface area contributed by atoms with Crippen LogP contribution in [0.15, 0.2) is 40.7 Å². The minimum Gasteiger partial charge on any atom is -0.354 e. The largest absolute Gasteiger partial charge is 0.434 e. The Morgan fingerprint density at radius 1 is 1.27 bits per heavy atom. The van der Waals surface area contributed by atoms with Crippen LogP contribution < -0.4 is 10.6 Å². The van der Waals surface area contributed by atoms with E-state index in [0.717, 1.165) is 42.6 Å². The van der Waals surface area contributed by atoms with Crippen LogP contribution in [0.25, 0.3) is 0 Å². The normalized spacial score (nSPS) is 17.3. The highest BCUT2D eigenvalue weighted by molar-refractivity contribution is 14.0. The Hall–Kier alpha value is -1.40. The van der Waals surface area contributed by atoms with Crippen molar-refractivity contribution < 1.29 is 13.2 Å². The summed E-state index contributed by atoms with van der Waals surface area (Å²) in [6.07, 6.45) is -2.44. The molecule has 30 heavy (non-hydrogen) atoms. The molecule has 0 saturated carbocycles. The van der Waals surface area contributed by atoms with Gasteiger partial charge in [0.2, 0.25) is 0 Å². The lowest BCUT2D eigenvalue weighted by atomic mass is 10.0. The molecule has 0 amide bonds. The number of benzene rings is 1. The number of aromatic nitrogens is 1. The van der Waals surface area contributed by atoms with Gasteiger partial charge in [-0.25, -0.2) is 4.98 Å². The number of nitrogens with zero attached hydrogens (tertiary/aromatic N) is 3. The van der Waals surface area contributed by atoms with Gasteiger partial charge in [0.1, 0.15) is 5.01 Å². The molecule has 1 unspecified atom stereocenters. The van der Waals surface area contributed by atoms with E-state index in [1.54, 1.807) is 7.05 Å². The number of nitrogens with one attached hydrogen (secondary N) is 2. The Bertz CT molecular complexity index is 804. The summed E-state index contributed by atoms with van der Waals surface area (Å²) in [6, 6.07) is 11.1. The van der Waals surface area contributed by atoms with E-state index in [9.17, 15) is 13.2 Å². The number of guanidine groups is 1. The monoisotopic (exact) mass is 553 g/mol. The SMILES string of the molecule is CN=C(NCc1nc(C(F)(F)F)cs1)NC1CCN(C(C)c2ccccc2)CC1.I. The summed E-state index contributed by atoms with van der Waals surface area (Å²) in [6.45, 7) is 4.40. The van der Waals surface area contributed by atoms with Crippen molar-refractivity contribution in [1.29, 1.82) is 0 Å². The summed E-state index contributed by atoms with van der Waals surface area (Å²) >= 11 is 0.993. The number of aliphatic imine (C=N–C) groups is 1. The average Bonchev–Trinajstić information content (AvgIpc) is 3.21. The van der Waals surface area contributed by atoms with Gasteiger partial charge in [-0.1, -0.05) is 30.3 Å². The van der Waals surface area contributed by atoms with E-state index in [1.165, 1.54) is 5.56 Å². The first-order valence-electron chi connectivity index (χ1n) is 9.64. The van der Waals surface area contributed by atoms with Gasteiger partial charge >= 0.3 is 6.18 Å². The number of alkyl halides is 3. The van der Waals surface area contributed by atoms with Crippen LogP contribution in [0.4, 0.5) is 13.2 Å². The summed E-state index contributed by atoms with van der Waals surface area (Å²) in [5.74, 6) is 0.586. The molecular formula is C20H27F3IN5S. The molecule has 1 aliphatic heterocycles. The van der Waals surface area contributed by atoms with E-state index in [2.05, 4.69) is 56.7 Å². The molecule has 1 fully saturated rings. The van der Waals surface area contributed by atoms with Gasteiger partial charge in [0, 0.05) is 37.6 Å². The molecule has 1 aliphatic rings. The van der Waals surface area contributed by atoms with Gasteiger partial charge in [-0.2, -0.15) is 13.2 Å². The van der Waals surface area contributed by atoms with E-state index in [4.69, 9.17) is 0 Å². The molecule has 0 radical (unpaired) electrons. The lowest BCUT2D eigenvalue weighted by molar-refractivity contribution is -0.140. The highest BCUT2D eigenvalue weighted by Gasteiger charge is 2.33. The lowest BCUT2D eigenvalue weighted by Gasteiger charge is -2.37. The molecule has 1 saturated heterocycles. The maximum absolute atomic E-state index is 12.7. The second kappa shape index (κ2) is 11.3. The van der Waals surface area contributed by atoms with E-state index in [0.29, 0.717) is 17.0 Å². The summed E-state index contributed by atoms with van der Waals surface area (Å²) in [7, 11) is 1.66. The van der Waals surface area contributed by atoms with Crippen LogP contribution in [0.3, 0.4) is 0 Å². The number of hydrogen-bond acceptors (Lipinski definition) is 4. The second-order valence-corrected chi connectivity index (χ2v) is 8.03. The number of piperidine rings is 1. The number of halogens is 4. The highest BCUT2D eigenvalue weighted by Crippen LogP contribution is 2.30. The van der Waals surface area contributed by atoms with Crippen molar-refractivity contribution in [1.82, 2.24) is 20.5 Å². The number of hydrogen-bond donors (Lipinski definition) is 2. The van der Waals surface area contributed by atoms with Crippen LogP contribution in [0.2, 0.25) is 0 Å². The molecule has 2 N–H and O–H groups in total. The molecule has 5 nitrogen and oxygen atoms in total. The van der Waals surface area contributed by atoms with Crippen molar-refractivity contribution in [3.05, 3.63) is 52.0 Å². The third-order valence-corrected chi connectivity index (χ3v) is 6.02. The molecular weight excluding hydrogens is 526 g/mol. The molecule has 1 aromatic carbocycles. The van der Waals surface area contributed by atoms with Crippen LogP contribution in [-0.2, 0) is 12.7 Å². The van der Waals surface area contributed by atoms with Crippen molar-refractivity contribution in [2.45, 2.75) is 44.6 Å². The first-order chi connectivity index (χ1) is 13.9. The standard InChI is InChI=1S/C20H26F3N5S.HI/c1-14(15-6-4-3-5-7-15)28-10-8-16(9-11-28)26-19(24-2)25-12-18-27-17(13-29-18)20(21,22)23;/h3-7,13-14,16H,8-12H2,1-2H3,(H2,24,25,26);1H. The molecule has 0 bridgehead atoms. The first-order valence-corrected chi connectivity index (χ1v) is 10.5. The van der Waals surface area contributed by atoms with E-state index < -0.39 is 11.9 Å². The summed E-state index contributed by atoms with van der Waals surface area (Å²) in [5.41, 5.74) is 0.472. The maximum Gasteiger partial charge on any atom is 0.434 e. The maximum atomic E-state index is 12.7.